The van der Waals surface area contributed by atoms with Gasteiger partial charge in [-0.3, -0.25) is 9.69 Å². The van der Waals surface area contributed by atoms with Gasteiger partial charge in [-0.1, -0.05) is 6.07 Å². The zero-order valence-corrected chi connectivity index (χ0v) is 11.9. The molecule has 1 aromatic rings. The summed E-state index contributed by atoms with van der Waals surface area (Å²) in [6, 6.07) is 6.45. The van der Waals surface area contributed by atoms with Crippen molar-refractivity contribution in [2.75, 3.05) is 44.2 Å². The van der Waals surface area contributed by atoms with E-state index in [9.17, 15) is 4.79 Å². The van der Waals surface area contributed by atoms with Crippen LogP contribution >= 0.6 is 0 Å². The summed E-state index contributed by atoms with van der Waals surface area (Å²) in [5.74, 6) is -0.342. The number of nitrogens with two attached hydrogens (primary N) is 1. The van der Waals surface area contributed by atoms with Gasteiger partial charge < -0.3 is 16.0 Å². The van der Waals surface area contributed by atoms with E-state index in [-0.39, 0.29) is 5.91 Å². The number of primary amides is 1. The molecule has 0 bridgehead atoms. The molecular formula is C15H22N4O. The van der Waals surface area contributed by atoms with Crippen molar-refractivity contribution in [1.29, 1.82) is 0 Å². The number of piperazine rings is 1. The van der Waals surface area contributed by atoms with Gasteiger partial charge in [-0.05, 0) is 24.6 Å². The van der Waals surface area contributed by atoms with Gasteiger partial charge in [-0.2, -0.15) is 0 Å². The lowest BCUT2D eigenvalue weighted by Gasteiger charge is -2.48. The first kappa shape index (κ1) is 13.4. The smallest absolute Gasteiger partial charge is 0.250 e. The number of carbonyl (C=O) groups excluding carboxylic acids is 1. The standard InChI is InChI=1S/C15H22N4O/c1-11-2-3-13(15(16)20)14(8-11)19-9-12(10-19)18-6-4-17-5-7-18/h2-3,8,12,17H,4-7,9-10H2,1H3,(H2,16,20). The third-order valence-corrected chi connectivity index (χ3v) is 4.29. The molecule has 2 aliphatic heterocycles. The Morgan fingerprint density at radius 3 is 2.65 bits per heavy atom. The fourth-order valence-corrected chi connectivity index (χ4v) is 3.04. The maximum atomic E-state index is 11.5. The molecule has 108 valence electrons. The van der Waals surface area contributed by atoms with Crippen LogP contribution in [0.4, 0.5) is 5.69 Å². The minimum Gasteiger partial charge on any atom is -0.368 e. The Kier molecular flexibility index (Phi) is 3.63. The quantitative estimate of drug-likeness (QED) is 0.826. The molecule has 1 amide bonds. The molecule has 2 aliphatic rings. The van der Waals surface area contributed by atoms with E-state index in [1.165, 1.54) is 0 Å². The fourth-order valence-electron chi connectivity index (χ4n) is 3.04. The average molecular weight is 274 g/mol. The van der Waals surface area contributed by atoms with Crippen molar-refractivity contribution >= 4 is 11.6 Å². The maximum absolute atomic E-state index is 11.5. The zero-order valence-electron chi connectivity index (χ0n) is 11.9. The Morgan fingerprint density at radius 2 is 2.00 bits per heavy atom. The molecule has 5 heteroatoms. The zero-order chi connectivity index (χ0) is 14.1. The van der Waals surface area contributed by atoms with Gasteiger partial charge in [0.15, 0.2) is 0 Å². The van der Waals surface area contributed by atoms with Gasteiger partial charge in [0.25, 0.3) is 5.91 Å². The monoisotopic (exact) mass is 274 g/mol. The van der Waals surface area contributed by atoms with E-state index < -0.39 is 0 Å². The van der Waals surface area contributed by atoms with Crippen LogP contribution in [0, 0.1) is 6.92 Å². The Hall–Kier alpha value is -1.59. The predicted molar refractivity (Wildman–Crippen MR) is 80.1 cm³/mol. The van der Waals surface area contributed by atoms with Crippen LogP contribution in [0.25, 0.3) is 0 Å². The van der Waals surface area contributed by atoms with Crippen molar-refractivity contribution in [3.8, 4) is 0 Å². The maximum Gasteiger partial charge on any atom is 0.250 e. The highest BCUT2D eigenvalue weighted by atomic mass is 16.1. The van der Waals surface area contributed by atoms with Crippen LogP contribution in [-0.2, 0) is 0 Å². The van der Waals surface area contributed by atoms with Crippen LogP contribution < -0.4 is 16.0 Å². The van der Waals surface area contributed by atoms with Crippen LogP contribution in [0.1, 0.15) is 15.9 Å². The van der Waals surface area contributed by atoms with Crippen molar-refractivity contribution < 1.29 is 4.79 Å². The number of rotatable bonds is 3. The van der Waals surface area contributed by atoms with Gasteiger partial charge in [-0.15, -0.1) is 0 Å². The van der Waals surface area contributed by atoms with E-state index >= 15 is 0 Å². The number of aryl methyl sites for hydroxylation is 1. The van der Waals surface area contributed by atoms with Crippen molar-refractivity contribution in [1.82, 2.24) is 10.2 Å². The van der Waals surface area contributed by atoms with Crippen LogP contribution in [0.15, 0.2) is 18.2 Å². The highest BCUT2D eigenvalue weighted by molar-refractivity contribution is 5.99. The van der Waals surface area contributed by atoms with Crippen LogP contribution in [0.5, 0.6) is 0 Å². The molecule has 2 saturated heterocycles. The number of amides is 1. The summed E-state index contributed by atoms with van der Waals surface area (Å²) in [5.41, 5.74) is 8.26. The lowest BCUT2D eigenvalue weighted by Crippen LogP contribution is -2.63. The first-order valence-electron chi connectivity index (χ1n) is 7.25. The van der Waals surface area contributed by atoms with Crippen molar-refractivity contribution in [3.05, 3.63) is 29.3 Å². The summed E-state index contributed by atoms with van der Waals surface area (Å²) >= 11 is 0. The summed E-state index contributed by atoms with van der Waals surface area (Å²) in [5, 5.41) is 3.38. The van der Waals surface area contributed by atoms with Gasteiger partial charge in [-0.25, -0.2) is 0 Å². The average Bonchev–Trinajstić information content (AvgIpc) is 2.38. The summed E-state index contributed by atoms with van der Waals surface area (Å²) in [7, 11) is 0. The third kappa shape index (κ3) is 2.51. The second-order valence-corrected chi connectivity index (χ2v) is 5.73. The fraction of sp³-hybridized carbons (Fsp3) is 0.533. The first-order valence-corrected chi connectivity index (χ1v) is 7.25. The van der Waals surface area contributed by atoms with Crippen molar-refractivity contribution in [2.24, 2.45) is 5.73 Å². The molecule has 0 aromatic heterocycles. The number of hydrogen-bond acceptors (Lipinski definition) is 4. The van der Waals surface area contributed by atoms with Crippen LogP contribution in [-0.4, -0.2) is 56.1 Å². The molecule has 0 spiro atoms. The topological polar surface area (TPSA) is 61.6 Å². The number of carbonyl (C=O) groups is 1. The lowest BCUT2D eigenvalue weighted by molar-refractivity contribution is 0.0999. The van der Waals surface area contributed by atoms with Gasteiger partial charge in [0.2, 0.25) is 0 Å². The van der Waals surface area contributed by atoms with E-state index in [1.807, 2.05) is 19.1 Å². The molecule has 0 unspecified atom stereocenters. The highest BCUT2D eigenvalue weighted by Gasteiger charge is 2.33. The second kappa shape index (κ2) is 5.42. The Morgan fingerprint density at radius 1 is 1.30 bits per heavy atom. The van der Waals surface area contributed by atoms with Crippen molar-refractivity contribution in [3.63, 3.8) is 0 Å². The highest BCUT2D eigenvalue weighted by Crippen LogP contribution is 2.28. The number of hydrogen-bond donors (Lipinski definition) is 2. The molecule has 0 atom stereocenters. The molecule has 3 N–H and O–H groups in total. The van der Waals surface area contributed by atoms with E-state index in [4.69, 9.17) is 5.73 Å². The van der Waals surface area contributed by atoms with Gasteiger partial charge in [0.05, 0.1) is 5.56 Å². The lowest BCUT2D eigenvalue weighted by atomic mass is 10.0. The SMILES string of the molecule is Cc1ccc(C(N)=O)c(N2CC(N3CCNCC3)C2)c1. The van der Waals surface area contributed by atoms with Crippen molar-refractivity contribution in [2.45, 2.75) is 13.0 Å². The predicted octanol–water partition coefficient (Wildman–Crippen LogP) is 0.188. The van der Waals surface area contributed by atoms with E-state index in [1.54, 1.807) is 0 Å². The molecule has 2 fully saturated rings. The van der Waals surface area contributed by atoms with E-state index in [0.717, 1.165) is 50.5 Å². The van der Waals surface area contributed by atoms with Gasteiger partial charge >= 0.3 is 0 Å². The number of nitrogens with zero attached hydrogens (tertiary/aromatic N) is 2. The molecule has 0 aliphatic carbocycles. The molecule has 1 aromatic carbocycles. The normalized spacial score (nSPS) is 20.8. The summed E-state index contributed by atoms with van der Waals surface area (Å²) in [4.78, 5) is 16.3. The minimum atomic E-state index is -0.342. The molecule has 0 saturated carbocycles. The van der Waals surface area contributed by atoms with E-state index in [0.29, 0.717) is 11.6 Å². The molecule has 2 heterocycles. The summed E-state index contributed by atoms with van der Waals surface area (Å²) in [6.07, 6.45) is 0. The van der Waals surface area contributed by atoms with Crippen LogP contribution in [0.2, 0.25) is 0 Å². The van der Waals surface area contributed by atoms with E-state index in [2.05, 4.69) is 21.2 Å². The third-order valence-electron chi connectivity index (χ3n) is 4.29. The van der Waals surface area contributed by atoms with Gasteiger partial charge in [0, 0.05) is 51.0 Å². The summed E-state index contributed by atoms with van der Waals surface area (Å²) in [6.45, 7) is 8.42. The Labute approximate surface area is 119 Å². The molecule has 3 rings (SSSR count). The number of benzene rings is 1. The Bertz CT molecular complexity index is 505. The largest absolute Gasteiger partial charge is 0.368 e. The second-order valence-electron chi connectivity index (χ2n) is 5.73. The molecular weight excluding hydrogens is 252 g/mol. The molecule has 0 radical (unpaired) electrons. The number of nitrogens with one attached hydrogen (secondary N) is 1. The summed E-state index contributed by atoms with van der Waals surface area (Å²) < 4.78 is 0. The van der Waals surface area contributed by atoms with Gasteiger partial charge in [0.1, 0.15) is 0 Å². The van der Waals surface area contributed by atoms with Crippen LogP contribution in [0.3, 0.4) is 0 Å². The Balaban J connectivity index is 1.70. The minimum absolute atomic E-state index is 0.342. The molecule has 20 heavy (non-hydrogen) atoms. The number of anilines is 1. The first-order chi connectivity index (χ1) is 9.65. The molecule has 5 nitrogen and oxygen atoms in total.